The van der Waals surface area contributed by atoms with E-state index in [1.54, 1.807) is 35.0 Å². The van der Waals surface area contributed by atoms with Gasteiger partial charge in [0.05, 0.1) is 4.92 Å². The Hall–Kier alpha value is -3.33. The summed E-state index contributed by atoms with van der Waals surface area (Å²) in [5, 5.41) is 13.2. The molecule has 9 heteroatoms. The number of likely N-dealkylation sites (N-methyl/N-ethyl adjacent to an activating group) is 1. The Balaban J connectivity index is 1.99. The fourth-order valence-corrected chi connectivity index (χ4v) is 2.55. The van der Waals surface area contributed by atoms with Crippen LogP contribution < -0.4 is 5.32 Å². The first kappa shape index (κ1) is 16.5. The van der Waals surface area contributed by atoms with Gasteiger partial charge in [0.25, 0.3) is 17.5 Å². The number of carbonyl (C=O) groups is 2. The molecule has 3 rings (SSSR count). The molecule has 1 aromatic heterocycles. The smallest absolute Gasteiger partial charge is 0.269 e. The van der Waals surface area contributed by atoms with Crippen molar-refractivity contribution in [3.05, 3.63) is 64.0 Å². The summed E-state index contributed by atoms with van der Waals surface area (Å²) in [7, 11) is 1.48. The zero-order chi connectivity index (χ0) is 18.1. The third-order valence-electron chi connectivity index (χ3n) is 3.72. The van der Waals surface area contributed by atoms with Crippen molar-refractivity contribution in [3.63, 3.8) is 0 Å². The van der Waals surface area contributed by atoms with Gasteiger partial charge in [-0.25, -0.2) is 0 Å². The number of nitro groups is 1. The van der Waals surface area contributed by atoms with Crippen LogP contribution in [0, 0.1) is 10.1 Å². The van der Waals surface area contributed by atoms with E-state index in [1.165, 1.54) is 30.2 Å². The second-order valence-corrected chi connectivity index (χ2v) is 5.64. The molecule has 2 aromatic rings. The molecule has 0 atom stereocenters. The number of rotatable bonds is 3. The van der Waals surface area contributed by atoms with Crippen LogP contribution in [0.2, 0.25) is 0 Å². The lowest BCUT2D eigenvalue weighted by molar-refractivity contribution is -0.384. The third-order valence-corrected chi connectivity index (χ3v) is 4.09. The molecular formula is C16H12N4O4S. The lowest BCUT2D eigenvalue weighted by atomic mass is 10.1. The molecule has 0 aliphatic carbocycles. The van der Waals surface area contributed by atoms with E-state index in [9.17, 15) is 19.7 Å². The molecule has 1 fully saturated rings. The zero-order valence-electron chi connectivity index (χ0n) is 13.0. The highest BCUT2D eigenvalue weighted by Gasteiger charge is 2.31. The fourth-order valence-electron chi connectivity index (χ4n) is 2.38. The molecule has 25 heavy (non-hydrogen) atoms. The van der Waals surface area contributed by atoms with Gasteiger partial charge in [0.15, 0.2) is 5.11 Å². The van der Waals surface area contributed by atoms with Crippen LogP contribution in [0.1, 0.15) is 5.69 Å². The summed E-state index contributed by atoms with van der Waals surface area (Å²) in [4.78, 5) is 35.8. The van der Waals surface area contributed by atoms with Crippen molar-refractivity contribution < 1.29 is 14.5 Å². The molecule has 0 bridgehead atoms. The predicted molar refractivity (Wildman–Crippen MR) is 93.9 cm³/mol. The van der Waals surface area contributed by atoms with Crippen LogP contribution in [0.5, 0.6) is 0 Å². The van der Waals surface area contributed by atoms with Crippen molar-refractivity contribution in [2.75, 3.05) is 7.05 Å². The number of non-ortho nitro benzene ring substituents is 1. The van der Waals surface area contributed by atoms with Crippen molar-refractivity contribution in [1.82, 2.24) is 14.8 Å². The van der Waals surface area contributed by atoms with Gasteiger partial charge in [0, 0.05) is 36.8 Å². The molecule has 0 spiro atoms. The van der Waals surface area contributed by atoms with Crippen LogP contribution in [-0.4, -0.2) is 38.4 Å². The maximum atomic E-state index is 12.3. The van der Waals surface area contributed by atoms with E-state index in [1.807, 2.05) is 0 Å². The van der Waals surface area contributed by atoms with Gasteiger partial charge in [-0.15, -0.1) is 0 Å². The van der Waals surface area contributed by atoms with E-state index in [4.69, 9.17) is 12.2 Å². The Morgan fingerprint density at radius 3 is 2.52 bits per heavy atom. The average Bonchev–Trinajstić information content (AvgIpc) is 3.05. The number of carbonyl (C=O) groups excluding carboxylic acids is 2. The number of nitrogens with one attached hydrogen (secondary N) is 1. The van der Waals surface area contributed by atoms with E-state index in [0.717, 1.165) is 0 Å². The molecule has 1 saturated heterocycles. The Morgan fingerprint density at radius 2 is 1.88 bits per heavy atom. The molecule has 2 heterocycles. The number of benzene rings is 1. The monoisotopic (exact) mass is 356 g/mol. The second kappa shape index (κ2) is 6.29. The van der Waals surface area contributed by atoms with E-state index >= 15 is 0 Å². The maximum absolute atomic E-state index is 12.3. The van der Waals surface area contributed by atoms with Crippen LogP contribution in [0.15, 0.2) is 48.2 Å². The summed E-state index contributed by atoms with van der Waals surface area (Å²) in [5.74, 6) is -1.06. The highest BCUT2D eigenvalue weighted by atomic mass is 32.1. The summed E-state index contributed by atoms with van der Waals surface area (Å²) < 4.78 is 1.71. The molecule has 2 amide bonds. The lowest BCUT2D eigenvalue weighted by Gasteiger charge is -2.25. The van der Waals surface area contributed by atoms with Gasteiger partial charge in [-0.05, 0) is 42.6 Å². The summed E-state index contributed by atoms with van der Waals surface area (Å²) >= 11 is 4.90. The van der Waals surface area contributed by atoms with Gasteiger partial charge < -0.3 is 4.57 Å². The number of thiocarbonyl (C=S) groups is 1. The Morgan fingerprint density at radius 1 is 1.20 bits per heavy atom. The Bertz CT molecular complexity index is 930. The minimum atomic E-state index is -0.565. The molecule has 1 aliphatic heterocycles. The van der Waals surface area contributed by atoms with Gasteiger partial charge in [-0.3, -0.25) is 29.9 Å². The SMILES string of the molecule is CN1C(=O)C(=Cc2cccn2-c2ccc([N+](=O)[O-])cc2)C(=O)NC1=S. The largest absolute Gasteiger partial charge is 0.317 e. The molecule has 1 aliphatic rings. The molecule has 0 saturated carbocycles. The molecule has 1 N–H and O–H groups in total. The second-order valence-electron chi connectivity index (χ2n) is 5.26. The minimum Gasteiger partial charge on any atom is -0.317 e. The summed E-state index contributed by atoms with van der Waals surface area (Å²) in [6.45, 7) is 0. The number of aromatic nitrogens is 1. The molecule has 8 nitrogen and oxygen atoms in total. The molecule has 0 radical (unpaired) electrons. The summed E-state index contributed by atoms with van der Waals surface area (Å²) in [5.41, 5.74) is 1.18. The Labute approximate surface area is 147 Å². The van der Waals surface area contributed by atoms with E-state index in [0.29, 0.717) is 11.4 Å². The van der Waals surface area contributed by atoms with Gasteiger partial charge in [0.2, 0.25) is 0 Å². The molecule has 1 aromatic carbocycles. The lowest BCUT2D eigenvalue weighted by Crippen LogP contribution is -2.52. The van der Waals surface area contributed by atoms with Crippen LogP contribution in [0.3, 0.4) is 0 Å². The molecule has 126 valence electrons. The third kappa shape index (κ3) is 3.04. The Kier molecular flexibility index (Phi) is 4.15. The topological polar surface area (TPSA) is 97.5 Å². The normalized spacial score (nSPS) is 16.3. The summed E-state index contributed by atoms with van der Waals surface area (Å²) in [6.07, 6.45) is 3.18. The van der Waals surface area contributed by atoms with Gasteiger partial charge >= 0.3 is 0 Å². The van der Waals surface area contributed by atoms with E-state index in [2.05, 4.69) is 5.32 Å². The van der Waals surface area contributed by atoms with Gasteiger partial charge in [0.1, 0.15) is 5.57 Å². The maximum Gasteiger partial charge on any atom is 0.269 e. The first-order valence-electron chi connectivity index (χ1n) is 7.16. The van der Waals surface area contributed by atoms with Crippen molar-refractivity contribution in [3.8, 4) is 5.69 Å². The number of hydrogen-bond donors (Lipinski definition) is 1. The molecule has 0 unspecified atom stereocenters. The van der Waals surface area contributed by atoms with Crippen LogP contribution in [0.4, 0.5) is 5.69 Å². The van der Waals surface area contributed by atoms with Crippen molar-refractivity contribution in [1.29, 1.82) is 0 Å². The number of hydrogen-bond acceptors (Lipinski definition) is 5. The van der Waals surface area contributed by atoms with Gasteiger partial charge in [-0.2, -0.15) is 0 Å². The van der Waals surface area contributed by atoms with Crippen LogP contribution >= 0.6 is 12.2 Å². The van der Waals surface area contributed by atoms with Crippen LogP contribution in [-0.2, 0) is 9.59 Å². The zero-order valence-corrected chi connectivity index (χ0v) is 13.8. The molecular weight excluding hydrogens is 344 g/mol. The first-order valence-corrected chi connectivity index (χ1v) is 7.56. The van der Waals surface area contributed by atoms with E-state index in [-0.39, 0.29) is 16.4 Å². The highest BCUT2D eigenvalue weighted by molar-refractivity contribution is 7.80. The van der Waals surface area contributed by atoms with Gasteiger partial charge in [-0.1, -0.05) is 0 Å². The fraction of sp³-hybridized carbons (Fsp3) is 0.0625. The predicted octanol–water partition coefficient (Wildman–Crippen LogP) is 1.64. The quantitative estimate of drug-likeness (QED) is 0.296. The number of nitro benzene ring substituents is 1. The standard InChI is InChI=1S/C16H12N4O4S/c1-18-15(22)13(14(21)17-16(18)25)9-12-3-2-8-19(12)10-4-6-11(7-5-10)20(23)24/h2-9H,1H3,(H,17,21,25). The van der Waals surface area contributed by atoms with Crippen LogP contribution in [0.25, 0.3) is 11.8 Å². The van der Waals surface area contributed by atoms with Crippen molar-refractivity contribution in [2.45, 2.75) is 0 Å². The van der Waals surface area contributed by atoms with Crippen molar-refractivity contribution in [2.24, 2.45) is 0 Å². The average molecular weight is 356 g/mol. The minimum absolute atomic E-state index is 0.0206. The van der Waals surface area contributed by atoms with Crippen molar-refractivity contribution >= 4 is 40.9 Å². The number of amides is 2. The first-order chi connectivity index (χ1) is 11.9. The summed E-state index contributed by atoms with van der Waals surface area (Å²) in [6, 6.07) is 9.41. The van der Waals surface area contributed by atoms with E-state index < -0.39 is 16.7 Å². The number of nitrogens with zero attached hydrogens (tertiary/aromatic N) is 3. The highest BCUT2D eigenvalue weighted by Crippen LogP contribution is 2.20.